The summed E-state index contributed by atoms with van der Waals surface area (Å²) in [5, 5.41) is 0.676. The van der Waals surface area contributed by atoms with Gasteiger partial charge >= 0.3 is 0 Å². The molecule has 1 aliphatic rings. The number of carbonyl (C=O) groups excluding carboxylic acids is 1. The molecule has 0 radical (unpaired) electrons. The molecule has 1 atom stereocenters. The zero-order chi connectivity index (χ0) is 18.7. The SMILES string of the molecule is CCC(=O)N1CCCCC1c1nc(N(C)C)ncc1-c1cccc(Cl)c1. The molecule has 0 saturated carbocycles. The van der Waals surface area contributed by atoms with Crippen molar-refractivity contribution < 1.29 is 4.79 Å². The van der Waals surface area contributed by atoms with E-state index in [1.807, 2.05) is 61.3 Å². The number of carbonyl (C=O) groups is 1. The molecule has 138 valence electrons. The highest BCUT2D eigenvalue weighted by molar-refractivity contribution is 6.30. The molecule has 1 aromatic heterocycles. The fraction of sp³-hybridized carbons (Fsp3) is 0.450. The maximum Gasteiger partial charge on any atom is 0.225 e. The summed E-state index contributed by atoms with van der Waals surface area (Å²) in [5.41, 5.74) is 2.83. The van der Waals surface area contributed by atoms with Crippen LogP contribution < -0.4 is 4.90 Å². The van der Waals surface area contributed by atoms with Crippen molar-refractivity contribution in [2.24, 2.45) is 0 Å². The van der Waals surface area contributed by atoms with Gasteiger partial charge in [0, 0.05) is 43.8 Å². The van der Waals surface area contributed by atoms with E-state index in [1.165, 1.54) is 0 Å². The Morgan fingerprint density at radius 1 is 1.35 bits per heavy atom. The van der Waals surface area contributed by atoms with Gasteiger partial charge in [-0.15, -0.1) is 0 Å². The van der Waals surface area contributed by atoms with E-state index in [9.17, 15) is 4.79 Å². The summed E-state index contributed by atoms with van der Waals surface area (Å²) in [4.78, 5) is 25.7. The zero-order valence-corrected chi connectivity index (χ0v) is 16.3. The maximum absolute atomic E-state index is 12.5. The summed E-state index contributed by atoms with van der Waals surface area (Å²) in [5.74, 6) is 0.831. The van der Waals surface area contributed by atoms with Gasteiger partial charge in [0.15, 0.2) is 0 Å². The molecular weight excluding hydrogens is 348 g/mol. The van der Waals surface area contributed by atoms with Crippen LogP contribution in [0.4, 0.5) is 5.95 Å². The number of anilines is 1. The van der Waals surface area contributed by atoms with Gasteiger partial charge in [-0.25, -0.2) is 9.97 Å². The predicted molar refractivity (Wildman–Crippen MR) is 105 cm³/mol. The number of halogens is 1. The summed E-state index contributed by atoms with van der Waals surface area (Å²) in [6, 6.07) is 7.70. The van der Waals surface area contributed by atoms with Crippen molar-refractivity contribution >= 4 is 23.5 Å². The Balaban J connectivity index is 2.13. The molecule has 0 bridgehead atoms. The number of piperidine rings is 1. The maximum atomic E-state index is 12.5. The highest BCUT2D eigenvalue weighted by Gasteiger charge is 2.30. The minimum atomic E-state index is -0.0214. The zero-order valence-electron chi connectivity index (χ0n) is 15.6. The first-order chi connectivity index (χ1) is 12.5. The van der Waals surface area contributed by atoms with Gasteiger partial charge in [0.25, 0.3) is 0 Å². The van der Waals surface area contributed by atoms with E-state index in [-0.39, 0.29) is 11.9 Å². The van der Waals surface area contributed by atoms with Crippen molar-refractivity contribution in [3.63, 3.8) is 0 Å². The van der Waals surface area contributed by atoms with Gasteiger partial charge in [-0.3, -0.25) is 4.79 Å². The molecule has 3 rings (SSSR count). The van der Waals surface area contributed by atoms with Crippen LogP contribution in [0, 0.1) is 0 Å². The molecule has 1 aliphatic heterocycles. The van der Waals surface area contributed by atoms with E-state index < -0.39 is 0 Å². The van der Waals surface area contributed by atoms with E-state index in [0.29, 0.717) is 17.4 Å². The lowest BCUT2D eigenvalue weighted by molar-refractivity contribution is -0.134. The summed E-state index contributed by atoms with van der Waals surface area (Å²) in [6.45, 7) is 2.70. The van der Waals surface area contributed by atoms with Crippen LogP contribution in [0.3, 0.4) is 0 Å². The number of rotatable bonds is 4. The van der Waals surface area contributed by atoms with Crippen molar-refractivity contribution in [2.45, 2.75) is 38.6 Å². The Labute approximate surface area is 160 Å². The van der Waals surface area contributed by atoms with Gasteiger partial charge in [-0.05, 0) is 37.0 Å². The molecule has 6 heteroatoms. The van der Waals surface area contributed by atoms with Crippen LogP contribution in [-0.4, -0.2) is 41.4 Å². The molecule has 1 saturated heterocycles. The number of aromatic nitrogens is 2. The van der Waals surface area contributed by atoms with Crippen molar-refractivity contribution in [1.82, 2.24) is 14.9 Å². The van der Waals surface area contributed by atoms with E-state index in [0.717, 1.165) is 42.6 Å². The van der Waals surface area contributed by atoms with Crippen molar-refractivity contribution in [2.75, 3.05) is 25.5 Å². The lowest BCUT2D eigenvalue weighted by Gasteiger charge is -2.36. The standard InChI is InChI=1S/C20H25ClN4O/c1-4-18(26)25-11-6-5-10-17(25)19-16(13-22-20(23-19)24(2)3)14-8-7-9-15(21)12-14/h7-9,12-13,17H,4-6,10-11H2,1-3H3. The molecule has 0 aliphatic carbocycles. The smallest absolute Gasteiger partial charge is 0.225 e. The van der Waals surface area contributed by atoms with Crippen molar-refractivity contribution in [3.8, 4) is 11.1 Å². The number of hydrogen-bond acceptors (Lipinski definition) is 4. The number of amides is 1. The molecule has 0 spiro atoms. The summed E-state index contributed by atoms with van der Waals surface area (Å²) < 4.78 is 0. The molecule has 1 amide bonds. The second kappa shape index (κ2) is 8.04. The van der Waals surface area contributed by atoms with Gasteiger partial charge in [-0.2, -0.15) is 0 Å². The first-order valence-corrected chi connectivity index (χ1v) is 9.48. The molecule has 1 aromatic carbocycles. The highest BCUT2D eigenvalue weighted by Crippen LogP contribution is 2.37. The van der Waals surface area contributed by atoms with Gasteiger partial charge in [0.05, 0.1) is 11.7 Å². The van der Waals surface area contributed by atoms with Crippen LogP contribution >= 0.6 is 11.6 Å². The summed E-state index contributed by atoms with van der Waals surface area (Å²) in [7, 11) is 3.85. The van der Waals surface area contributed by atoms with Crippen LogP contribution in [0.1, 0.15) is 44.3 Å². The second-order valence-electron chi connectivity index (χ2n) is 6.83. The fourth-order valence-electron chi connectivity index (χ4n) is 3.45. The predicted octanol–water partition coefficient (Wildman–Crippen LogP) is 4.33. The van der Waals surface area contributed by atoms with E-state index in [4.69, 9.17) is 16.6 Å². The average molecular weight is 373 g/mol. The van der Waals surface area contributed by atoms with Crippen LogP contribution in [0.25, 0.3) is 11.1 Å². The normalized spacial score (nSPS) is 17.2. The molecule has 2 aromatic rings. The van der Waals surface area contributed by atoms with E-state index in [2.05, 4.69) is 4.98 Å². The Morgan fingerprint density at radius 2 is 2.15 bits per heavy atom. The monoisotopic (exact) mass is 372 g/mol. The van der Waals surface area contributed by atoms with Gasteiger partial charge in [0.1, 0.15) is 0 Å². The minimum absolute atomic E-state index is 0.0214. The van der Waals surface area contributed by atoms with Crippen molar-refractivity contribution in [1.29, 1.82) is 0 Å². The number of hydrogen-bond donors (Lipinski definition) is 0. The first-order valence-electron chi connectivity index (χ1n) is 9.11. The van der Waals surface area contributed by atoms with Crippen LogP contribution in [0.15, 0.2) is 30.5 Å². The molecule has 26 heavy (non-hydrogen) atoms. The molecule has 1 fully saturated rings. The summed E-state index contributed by atoms with van der Waals surface area (Å²) >= 11 is 6.20. The molecule has 0 N–H and O–H groups in total. The quantitative estimate of drug-likeness (QED) is 0.801. The minimum Gasteiger partial charge on any atom is -0.347 e. The first kappa shape index (κ1) is 18.6. The van der Waals surface area contributed by atoms with E-state index in [1.54, 1.807) is 0 Å². The Hall–Kier alpha value is -2.14. The summed E-state index contributed by atoms with van der Waals surface area (Å²) in [6.07, 6.45) is 5.42. The van der Waals surface area contributed by atoms with Gasteiger partial charge < -0.3 is 9.80 Å². The molecule has 1 unspecified atom stereocenters. The number of likely N-dealkylation sites (tertiary alicyclic amines) is 1. The third-order valence-electron chi connectivity index (χ3n) is 4.78. The highest BCUT2D eigenvalue weighted by atomic mass is 35.5. The average Bonchev–Trinajstić information content (AvgIpc) is 2.66. The fourth-order valence-corrected chi connectivity index (χ4v) is 3.64. The van der Waals surface area contributed by atoms with Crippen molar-refractivity contribution in [3.05, 3.63) is 41.2 Å². The topological polar surface area (TPSA) is 49.3 Å². The van der Waals surface area contributed by atoms with Crippen LogP contribution in [-0.2, 0) is 4.79 Å². The lowest BCUT2D eigenvalue weighted by atomic mass is 9.93. The third kappa shape index (κ3) is 3.83. The van der Waals surface area contributed by atoms with E-state index >= 15 is 0 Å². The van der Waals surface area contributed by atoms with Crippen LogP contribution in [0.5, 0.6) is 0 Å². The lowest BCUT2D eigenvalue weighted by Crippen LogP contribution is -2.38. The molecular formula is C20H25ClN4O. The molecule has 5 nitrogen and oxygen atoms in total. The Morgan fingerprint density at radius 3 is 2.85 bits per heavy atom. The van der Waals surface area contributed by atoms with Gasteiger partial charge in [-0.1, -0.05) is 30.7 Å². The Bertz CT molecular complexity index is 793. The largest absolute Gasteiger partial charge is 0.347 e. The second-order valence-corrected chi connectivity index (χ2v) is 7.26. The third-order valence-corrected chi connectivity index (χ3v) is 5.02. The van der Waals surface area contributed by atoms with Crippen LogP contribution in [0.2, 0.25) is 5.02 Å². The number of nitrogens with zero attached hydrogens (tertiary/aromatic N) is 4. The van der Waals surface area contributed by atoms with Gasteiger partial charge in [0.2, 0.25) is 11.9 Å². The Kier molecular flexibility index (Phi) is 5.77. The molecule has 2 heterocycles. The number of benzene rings is 1.